The molecular weight excluding hydrogens is 250 g/mol. The lowest BCUT2D eigenvalue weighted by atomic mass is 9.77. The molecule has 1 aliphatic heterocycles. The minimum Gasteiger partial charge on any atom is -0.469 e. The minimum absolute atomic E-state index is 0.0807. The highest BCUT2D eigenvalue weighted by molar-refractivity contribution is 5.78. The standard InChI is InChI=1S/C13H23NO5/c1-8(2)13(7-14)6-9(11(15)17-3)5-10(19-13)12(16)18-4/h8-10H,5-7,14H2,1-4H3. The molecule has 1 aliphatic rings. The smallest absolute Gasteiger partial charge is 0.335 e. The minimum atomic E-state index is -0.770. The van der Waals surface area contributed by atoms with E-state index in [0.717, 1.165) is 0 Å². The Bertz CT molecular complexity index is 318. The van der Waals surface area contributed by atoms with Gasteiger partial charge in [0.25, 0.3) is 0 Å². The van der Waals surface area contributed by atoms with Gasteiger partial charge in [0.2, 0.25) is 0 Å². The Morgan fingerprint density at radius 2 is 1.89 bits per heavy atom. The third-order valence-electron chi connectivity index (χ3n) is 3.86. The molecule has 0 aromatic heterocycles. The Morgan fingerprint density at radius 3 is 2.32 bits per heavy atom. The van der Waals surface area contributed by atoms with Crippen LogP contribution in [0, 0.1) is 11.8 Å². The Morgan fingerprint density at radius 1 is 1.32 bits per heavy atom. The lowest BCUT2D eigenvalue weighted by molar-refractivity contribution is -0.197. The summed E-state index contributed by atoms with van der Waals surface area (Å²) in [6, 6.07) is 0. The van der Waals surface area contributed by atoms with E-state index in [-0.39, 0.29) is 24.9 Å². The van der Waals surface area contributed by atoms with E-state index < -0.39 is 23.6 Å². The molecule has 0 radical (unpaired) electrons. The van der Waals surface area contributed by atoms with Crippen LogP contribution in [-0.2, 0) is 23.8 Å². The molecule has 0 spiro atoms. The lowest BCUT2D eigenvalue weighted by Crippen LogP contribution is -2.55. The molecule has 1 heterocycles. The van der Waals surface area contributed by atoms with Gasteiger partial charge in [-0.1, -0.05) is 13.8 Å². The van der Waals surface area contributed by atoms with Crippen LogP contribution in [0.5, 0.6) is 0 Å². The van der Waals surface area contributed by atoms with E-state index in [1.165, 1.54) is 14.2 Å². The molecule has 0 bridgehead atoms. The van der Waals surface area contributed by atoms with Crippen molar-refractivity contribution in [2.24, 2.45) is 17.6 Å². The number of ether oxygens (including phenoxy) is 3. The Kier molecular flexibility index (Phi) is 5.31. The molecule has 0 aromatic rings. The number of hydrogen-bond acceptors (Lipinski definition) is 6. The summed E-state index contributed by atoms with van der Waals surface area (Å²) in [4.78, 5) is 23.5. The van der Waals surface area contributed by atoms with Crippen molar-refractivity contribution < 1.29 is 23.8 Å². The summed E-state index contributed by atoms with van der Waals surface area (Å²) in [5, 5.41) is 0. The zero-order valence-electron chi connectivity index (χ0n) is 12.0. The highest BCUT2D eigenvalue weighted by atomic mass is 16.6. The number of esters is 2. The maximum absolute atomic E-state index is 11.8. The second-order valence-corrected chi connectivity index (χ2v) is 5.21. The Balaban J connectivity index is 3.01. The van der Waals surface area contributed by atoms with E-state index in [2.05, 4.69) is 0 Å². The van der Waals surface area contributed by atoms with Crippen molar-refractivity contribution >= 4 is 11.9 Å². The maximum Gasteiger partial charge on any atom is 0.335 e. The van der Waals surface area contributed by atoms with Crippen LogP contribution >= 0.6 is 0 Å². The van der Waals surface area contributed by atoms with Gasteiger partial charge >= 0.3 is 11.9 Å². The zero-order chi connectivity index (χ0) is 14.6. The van der Waals surface area contributed by atoms with Crippen LogP contribution in [-0.4, -0.2) is 44.4 Å². The fourth-order valence-corrected chi connectivity index (χ4v) is 2.50. The number of carbonyl (C=O) groups excluding carboxylic acids is 2. The highest BCUT2D eigenvalue weighted by Gasteiger charge is 2.47. The van der Waals surface area contributed by atoms with Crippen molar-refractivity contribution in [2.75, 3.05) is 20.8 Å². The predicted molar refractivity (Wildman–Crippen MR) is 68.3 cm³/mol. The van der Waals surface area contributed by atoms with Gasteiger partial charge in [0, 0.05) is 6.54 Å². The van der Waals surface area contributed by atoms with Crippen LogP contribution < -0.4 is 5.73 Å². The first-order chi connectivity index (χ1) is 8.90. The van der Waals surface area contributed by atoms with Crippen molar-refractivity contribution in [3.63, 3.8) is 0 Å². The Labute approximate surface area is 113 Å². The number of methoxy groups -OCH3 is 2. The van der Waals surface area contributed by atoms with E-state index in [1.54, 1.807) is 0 Å². The molecule has 0 saturated carbocycles. The van der Waals surface area contributed by atoms with Crippen molar-refractivity contribution in [2.45, 2.75) is 38.4 Å². The monoisotopic (exact) mass is 273 g/mol. The van der Waals surface area contributed by atoms with Gasteiger partial charge in [-0.25, -0.2) is 4.79 Å². The summed E-state index contributed by atoms with van der Waals surface area (Å²) in [6.45, 7) is 4.16. The third kappa shape index (κ3) is 3.25. The number of hydrogen-bond donors (Lipinski definition) is 1. The first kappa shape index (κ1) is 15.9. The summed E-state index contributed by atoms with van der Waals surface area (Å²) < 4.78 is 15.3. The second kappa shape index (κ2) is 6.34. The molecule has 110 valence electrons. The van der Waals surface area contributed by atoms with Gasteiger partial charge in [-0.3, -0.25) is 4.79 Å². The van der Waals surface area contributed by atoms with E-state index in [0.29, 0.717) is 6.42 Å². The SMILES string of the molecule is COC(=O)C1CC(C(=O)OC)OC(CN)(C(C)C)C1. The molecule has 6 heteroatoms. The summed E-state index contributed by atoms with van der Waals surface area (Å²) in [5.74, 6) is -1.13. The normalized spacial score (nSPS) is 31.1. The van der Waals surface area contributed by atoms with Crippen LogP contribution in [0.15, 0.2) is 0 Å². The number of rotatable bonds is 4. The van der Waals surface area contributed by atoms with Gasteiger partial charge in [0.05, 0.1) is 25.7 Å². The molecule has 0 aliphatic carbocycles. The van der Waals surface area contributed by atoms with Crippen LogP contribution in [0.25, 0.3) is 0 Å². The van der Waals surface area contributed by atoms with Gasteiger partial charge in [0.1, 0.15) is 0 Å². The summed E-state index contributed by atoms with van der Waals surface area (Å²) >= 11 is 0. The average molecular weight is 273 g/mol. The van der Waals surface area contributed by atoms with E-state index in [9.17, 15) is 9.59 Å². The fourth-order valence-electron chi connectivity index (χ4n) is 2.50. The molecule has 3 atom stereocenters. The molecule has 1 saturated heterocycles. The molecule has 6 nitrogen and oxygen atoms in total. The summed E-state index contributed by atoms with van der Waals surface area (Å²) in [7, 11) is 2.64. The molecule has 0 aromatic carbocycles. The van der Waals surface area contributed by atoms with Crippen molar-refractivity contribution in [3.05, 3.63) is 0 Å². The van der Waals surface area contributed by atoms with Crippen LogP contribution in [0.2, 0.25) is 0 Å². The van der Waals surface area contributed by atoms with Crippen molar-refractivity contribution in [1.82, 2.24) is 0 Å². The quantitative estimate of drug-likeness (QED) is 0.750. The molecule has 3 unspecified atom stereocenters. The molecule has 2 N–H and O–H groups in total. The first-order valence-corrected chi connectivity index (χ1v) is 6.43. The van der Waals surface area contributed by atoms with Gasteiger partial charge in [-0.15, -0.1) is 0 Å². The van der Waals surface area contributed by atoms with Crippen LogP contribution in [0.4, 0.5) is 0 Å². The van der Waals surface area contributed by atoms with E-state index >= 15 is 0 Å². The van der Waals surface area contributed by atoms with Gasteiger partial charge in [-0.2, -0.15) is 0 Å². The van der Waals surface area contributed by atoms with Gasteiger partial charge in [0.15, 0.2) is 6.10 Å². The van der Waals surface area contributed by atoms with Gasteiger partial charge < -0.3 is 19.9 Å². The topological polar surface area (TPSA) is 87.9 Å². The van der Waals surface area contributed by atoms with E-state index in [4.69, 9.17) is 19.9 Å². The molecular formula is C13H23NO5. The molecule has 19 heavy (non-hydrogen) atoms. The predicted octanol–water partition coefficient (Wildman–Crippen LogP) is 0.481. The lowest BCUT2D eigenvalue weighted by Gasteiger charge is -2.45. The maximum atomic E-state index is 11.8. The second-order valence-electron chi connectivity index (χ2n) is 5.21. The summed E-state index contributed by atoms with van der Waals surface area (Å²) in [6.07, 6.45) is -0.0383. The molecule has 0 amide bonds. The van der Waals surface area contributed by atoms with E-state index in [1.807, 2.05) is 13.8 Å². The summed E-state index contributed by atoms with van der Waals surface area (Å²) in [5.41, 5.74) is 5.12. The molecule has 1 rings (SSSR count). The first-order valence-electron chi connectivity index (χ1n) is 6.43. The largest absolute Gasteiger partial charge is 0.469 e. The average Bonchev–Trinajstić information content (AvgIpc) is 2.44. The number of nitrogens with two attached hydrogens (primary N) is 1. The van der Waals surface area contributed by atoms with Gasteiger partial charge in [-0.05, 0) is 18.8 Å². The zero-order valence-corrected chi connectivity index (χ0v) is 12.0. The number of carbonyl (C=O) groups is 2. The van der Waals surface area contributed by atoms with Crippen LogP contribution in [0.3, 0.4) is 0 Å². The molecule has 1 fully saturated rings. The van der Waals surface area contributed by atoms with Crippen LogP contribution in [0.1, 0.15) is 26.7 Å². The van der Waals surface area contributed by atoms with Crippen molar-refractivity contribution in [3.8, 4) is 0 Å². The third-order valence-corrected chi connectivity index (χ3v) is 3.86. The fraction of sp³-hybridized carbons (Fsp3) is 0.846. The Hall–Kier alpha value is -1.14. The van der Waals surface area contributed by atoms with Crippen molar-refractivity contribution in [1.29, 1.82) is 0 Å². The highest BCUT2D eigenvalue weighted by Crippen LogP contribution is 2.38.